The van der Waals surface area contributed by atoms with Gasteiger partial charge < -0.3 is 16.0 Å². The Hall–Kier alpha value is -6.09. The number of nitrogens with zero attached hydrogens (tertiary/aromatic N) is 4. The number of terminal acetylenes is 1. The molecular formula is C53H61N7O3. The molecule has 0 bridgehead atoms. The van der Waals surface area contributed by atoms with E-state index in [1.54, 1.807) is 0 Å². The molecule has 6 aromatic carbocycles. The van der Waals surface area contributed by atoms with E-state index >= 15 is 0 Å². The van der Waals surface area contributed by atoms with Crippen molar-refractivity contribution in [1.29, 1.82) is 0 Å². The second kappa shape index (κ2) is 21.8. The topological polar surface area (TPSA) is 100 Å². The lowest BCUT2D eigenvalue weighted by molar-refractivity contribution is -0.125. The quantitative estimate of drug-likeness (QED) is 0.109. The van der Waals surface area contributed by atoms with Crippen LogP contribution in [0.25, 0.3) is 32.3 Å². The maximum absolute atomic E-state index is 13.9. The van der Waals surface area contributed by atoms with Crippen molar-refractivity contribution < 1.29 is 14.4 Å². The minimum atomic E-state index is -0.203. The van der Waals surface area contributed by atoms with Gasteiger partial charge in [-0.05, 0) is 69.8 Å². The summed E-state index contributed by atoms with van der Waals surface area (Å²) < 4.78 is 0. The van der Waals surface area contributed by atoms with E-state index in [4.69, 9.17) is 6.42 Å². The first-order valence-corrected chi connectivity index (χ1v) is 22.3. The summed E-state index contributed by atoms with van der Waals surface area (Å²) in [6.07, 6.45) is 5.88. The summed E-state index contributed by atoms with van der Waals surface area (Å²) in [5.74, 6) is 2.62. The number of fused-ring (bicyclic) bond motifs is 3. The number of rotatable bonds is 13. The molecule has 1 fully saturated rings. The lowest BCUT2D eigenvalue weighted by Gasteiger charge is -2.33. The van der Waals surface area contributed by atoms with Gasteiger partial charge in [-0.2, -0.15) is 0 Å². The first-order valence-electron chi connectivity index (χ1n) is 22.3. The summed E-state index contributed by atoms with van der Waals surface area (Å²) in [6, 6.07) is 42.7. The van der Waals surface area contributed by atoms with Crippen molar-refractivity contribution in [3.8, 4) is 12.3 Å². The highest BCUT2D eigenvalue weighted by atomic mass is 16.2. The molecule has 0 aromatic heterocycles. The van der Waals surface area contributed by atoms with E-state index in [2.05, 4.69) is 114 Å². The lowest BCUT2D eigenvalue weighted by atomic mass is 10.00. The summed E-state index contributed by atoms with van der Waals surface area (Å²) in [5, 5.41) is 16.6. The van der Waals surface area contributed by atoms with Crippen LogP contribution >= 0.6 is 0 Å². The molecule has 1 aliphatic rings. The molecule has 3 atom stereocenters. The number of carbonyl (C=O) groups excluding carboxylic acids is 3. The van der Waals surface area contributed by atoms with Crippen LogP contribution in [0.4, 0.5) is 0 Å². The third-order valence-electron chi connectivity index (χ3n) is 12.3. The highest BCUT2D eigenvalue weighted by Crippen LogP contribution is 2.26. The smallest absolute Gasteiger partial charge is 0.234 e. The zero-order chi connectivity index (χ0) is 44.1. The van der Waals surface area contributed by atoms with Crippen molar-refractivity contribution in [2.75, 3.05) is 78.5 Å². The zero-order valence-electron chi connectivity index (χ0n) is 36.9. The second-order valence-electron chi connectivity index (χ2n) is 16.9. The van der Waals surface area contributed by atoms with Crippen molar-refractivity contribution in [1.82, 2.24) is 35.6 Å². The van der Waals surface area contributed by atoms with Gasteiger partial charge in [-0.25, -0.2) is 0 Å². The Morgan fingerprint density at radius 2 is 0.714 bits per heavy atom. The van der Waals surface area contributed by atoms with Crippen LogP contribution in [0.2, 0.25) is 0 Å². The molecule has 10 heteroatoms. The van der Waals surface area contributed by atoms with Gasteiger partial charge in [0.1, 0.15) is 0 Å². The fourth-order valence-corrected chi connectivity index (χ4v) is 8.93. The van der Waals surface area contributed by atoms with Gasteiger partial charge in [0.25, 0.3) is 0 Å². The molecule has 3 N–H and O–H groups in total. The standard InChI is InChI=1S/C53H61N7O3/c1-5-27-57-28-30-58(36-51(61)54-39(2)45-24-12-18-42-15-6-9-21-48(42)45)32-34-60(38-53(63)56-41(4)47-26-14-20-44-17-8-11-23-50(44)47)35-33-59(31-29-57)37-52(62)55-40(3)46-25-13-19-43-16-7-10-22-49(43)46/h1,6-26,39-41H,27-38H2,2-4H3,(H,54,61)(H,55,62)(H,56,63)/t39-,40-,41-/m1/s1. The molecule has 6 aromatic rings. The molecular weight excluding hydrogens is 783 g/mol. The molecule has 1 heterocycles. The minimum Gasteiger partial charge on any atom is -0.348 e. The molecule has 1 saturated heterocycles. The van der Waals surface area contributed by atoms with Crippen molar-refractivity contribution in [3.05, 3.63) is 144 Å². The SMILES string of the molecule is C#CCN1CCN(CC(=O)N[C@H](C)c2cccc3ccccc23)CCN(CC(=O)N[C@H](C)c2cccc3ccccc23)CCN(CC(=O)N[C@H](C)c2cccc3ccccc23)CC1. The molecule has 7 rings (SSSR count). The van der Waals surface area contributed by atoms with Gasteiger partial charge in [0, 0.05) is 52.4 Å². The molecule has 63 heavy (non-hydrogen) atoms. The fourth-order valence-electron chi connectivity index (χ4n) is 8.93. The van der Waals surface area contributed by atoms with Crippen LogP contribution < -0.4 is 16.0 Å². The number of hydrogen-bond donors (Lipinski definition) is 3. The second-order valence-corrected chi connectivity index (χ2v) is 16.9. The lowest BCUT2D eigenvalue weighted by Crippen LogP contribution is -2.50. The van der Waals surface area contributed by atoms with Gasteiger partial charge in [-0.15, -0.1) is 6.42 Å². The minimum absolute atomic E-state index is 0.0610. The van der Waals surface area contributed by atoms with Gasteiger partial charge in [0.05, 0.1) is 44.3 Å². The molecule has 326 valence electrons. The Morgan fingerprint density at radius 3 is 1.02 bits per heavy atom. The van der Waals surface area contributed by atoms with Gasteiger partial charge in [0.15, 0.2) is 0 Å². The largest absolute Gasteiger partial charge is 0.348 e. The van der Waals surface area contributed by atoms with Crippen LogP contribution in [0.15, 0.2) is 127 Å². The van der Waals surface area contributed by atoms with Crippen molar-refractivity contribution >= 4 is 50.0 Å². The van der Waals surface area contributed by atoms with E-state index in [9.17, 15) is 14.4 Å². The zero-order valence-corrected chi connectivity index (χ0v) is 36.9. The summed E-state index contributed by atoms with van der Waals surface area (Å²) in [5.41, 5.74) is 3.22. The van der Waals surface area contributed by atoms with Crippen molar-refractivity contribution in [2.45, 2.75) is 38.9 Å². The first-order chi connectivity index (χ1) is 30.6. The van der Waals surface area contributed by atoms with E-state index in [0.717, 1.165) is 49.0 Å². The summed E-state index contributed by atoms with van der Waals surface area (Å²) >= 11 is 0. The van der Waals surface area contributed by atoms with E-state index in [1.807, 2.05) is 75.4 Å². The molecule has 0 spiro atoms. The van der Waals surface area contributed by atoms with Crippen molar-refractivity contribution in [3.63, 3.8) is 0 Å². The number of benzene rings is 6. The highest BCUT2D eigenvalue weighted by Gasteiger charge is 2.23. The summed E-state index contributed by atoms with van der Waals surface area (Å²) in [6.45, 7) is 11.9. The molecule has 0 radical (unpaired) electrons. The number of nitrogens with one attached hydrogen (secondary N) is 3. The predicted molar refractivity (Wildman–Crippen MR) is 256 cm³/mol. The van der Waals surface area contributed by atoms with Gasteiger partial charge in [0.2, 0.25) is 17.7 Å². The first kappa shape index (κ1) is 44.9. The Balaban J connectivity index is 1.05. The van der Waals surface area contributed by atoms with Crippen LogP contribution in [0, 0.1) is 12.3 Å². The molecule has 1 aliphatic heterocycles. The maximum Gasteiger partial charge on any atom is 0.234 e. The third kappa shape index (κ3) is 12.1. The average Bonchev–Trinajstić information content (AvgIpc) is 3.29. The average molecular weight is 844 g/mol. The molecule has 0 aliphatic carbocycles. The number of amides is 3. The van der Waals surface area contributed by atoms with E-state index in [-0.39, 0.29) is 55.5 Å². The molecule has 0 saturated carbocycles. The Bertz CT molecular complexity index is 2420. The fraction of sp³-hybridized carbons (Fsp3) is 0.340. The predicted octanol–water partition coefficient (Wildman–Crippen LogP) is 6.93. The van der Waals surface area contributed by atoms with Crippen LogP contribution in [-0.4, -0.2) is 116 Å². The van der Waals surface area contributed by atoms with Crippen LogP contribution in [0.1, 0.15) is 55.6 Å². The summed E-state index contributed by atoms with van der Waals surface area (Å²) in [7, 11) is 0. The number of hydrogen-bond acceptors (Lipinski definition) is 7. The van der Waals surface area contributed by atoms with Crippen molar-refractivity contribution in [2.24, 2.45) is 0 Å². The number of carbonyl (C=O) groups is 3. The van der Waals surface area contributed by atoms with E-state index in [1.165, 1.54) is 0 Å². The summed E-state index contributed by atoms with van der Waals surface area (Å²) in [4.78, 5) is 50.2. The van der Waals surface area contributed by atoms with Gasteiger partial charge in [-0.1, -0.05) is 133 Å². The Morgan fingerprint density at radius 1 is 0.444 bits per heavy atom. The maximum atomic E-state index is 13.9. The van der Waals surface area contributed by atoms with Crippen LogP contribution in [-0.2, 0) is 14.4 Å². The normalized spacial score (nSPS) is 16.6. The van der Waals surface area contributed by atoms with Crippen LogP contribution in [0.5, 0.6) is 0 Å². The Labute approximate surface area is 372 Å². The Kier molecular flexibility index (Phi) is 15.6. The molecule has 10 nitrogen and oxygen atoms in total. The third-order valence-corrected chi connectivity index (χ3v) is 12.3. The van der Waals surface area contributed by atoms with Gasteiger partial charge >= 0.3 is 0 Å². The van der Waals surface area contributed by atoms with Crippen LogP contribution in [0.3, 0.4) is 0 Å². The highest BCUT2D eigenvalue weighted by molar-refractivity contribution is 5.89. The van der Waals surface area contributed by atoms with Gasteiger partial charge in [-0.3, -0.25) is 34.0 Å². The molecule has 0 unspecified atom stereocenters. The van der Waals surface area contributed by atoms with E-state index in [0.29, 0.717) is 58.9 Å². The monoisotopic (exact) mass is 843 g/mol. The molecule has 3 amide bonds. The van der Waals surface area contributed by atoms with E-state index < -0.39 is 0 Å².